The normalized spacial score (nSPS) is 9.71. The molecule has 4 N–H and O–H groups in total. The first-order chi connectivity index (χ1) is 7.70. The molecule has 17 heavy (non-hydrogen) atoms. The lowest BCUT2D eigenvalue weighted by atomic mass is 10.1. The quantitative estimate of drug-likeness (QED) is 0.764. The number of nitrogens with one attached hydrogen (secondary N) is 1. The second-order valence-corrected chi connectivity index (χ2v) is 3.46. The van der Waals surface area contributed by atoms with Crippen LogP contribution in [0, 0.1) is 0 Å². The number of fused-ring (bicyclic) bond motifs is 1. The molecule has 0 heterocycles. The van der Waals surface area contributed by atoms with Gasteiger partial charge < -0.3 is 16.2 Å². The summed E-state index contributed by atoms with van der Waals surface area (Å²) in [5.41, 5.74) is 5.89. The number of hydrogen-bond acceptors (Lipinski definition) is 3. The van der Waals surface area contributed by atoms with Crippen LogP contribution in [0.4, 0.5) is 5.69 Å². The van der Waals surface area contributed by atoms with Crippen molar-refractivity contribution in [1.82, 2.24) is 0 Å². The number of anilines is 1. The van der Waals surface area contributed by atoms with Crippen molar-refractivity contribution in [3.8, 4) is 5.75 Å². The molecule has 0 saturated carbocycles. The van der Waals surface area contributed by atoms with E-state index in [9.17, 15) is 9.90 Å². The van der Waals surface area contributed by atoms with Crippen molar-refractivity contribution in [2.24, 2.45) is 5.73 Å². The van der Waals surface area contributed by atoms with Crippen LogP contribution < -0.4 is 11.1 Å². The van der Waals surface area contributed by atoms with Crippen LogP contribution in [0.5, 0.6) is 5.75 Å². The standard InChI is InChI=1S/C12H12N2O2.ClH/c13-7-12(16)14-11-3-1-2-8-4-5-9(15)6-10(8)11;/h1-6,15H,7,13H2,(H,14,16);1H. The van der Waals surface area contributed by atoms with Gasteiger partial charge in [-0.3, -0.25) is 4.79 Å². The van der Waals surface area contributed by atoms with E-state index in [1.54, 1.807) is 24.3 Å². The van der Waals surface area contributed by atoms with Gasteiger partial charge >= 0.3 is 0 Å². The molecule has 0 aliphatic rings. The average molecular weight is 253 g/mol. The van der Waals surface area contributed by atoms with Crippen molar-refractivity contribution in [3.63, 3.8) is 0 Å². The highest BCUT2D eigenvalue weighted by Gasteiger charge is 2.04. The molecule has 0 aliphatic heterocycles. The van der Waals surface area contributed by atoms with Gasteiger partial charge in [0, 0.05) is 11.1 Å². The minimum Gasteiger partial charge on any atom is -0.508 e. The number of nitrogens with two attached hydrogens (primary N) is 1. The Hall–Kier alpha value is -1.78. The Kier molecular flexibility index (Phi) is 4.31. The van der Waals surface area contributed by atoms with Crippen LogP contribution in [-0.4, -0.2) is 17.6 Å². The number of halogens is 1. The molecule has 2 aromatic rings. The van der Waals surface area contributed by atoms with E-state index in [-0.39, 0.29) is 30.6 Å². The minimum absolute atomic E-state index is 0. The Morgan fingerprint density at radius 1 is 1.29 bits per heavy atom. The Labute approximate surface area is 105 Å². The lowest BCUT2D eigenvalue weighted by molar-refractivity contribution is -0.114. The third-order valence-electron chi connectivity index (χ3n) is 2.33. The number of phenols is 1. The Balaban J connectivity index is 0.00000144. The van der Waals surface area contributed by atoms with E-state index in [1.807, 2.05) is 12.1 Å². The van der Waals surface area contributed by atoms with Crippen molar-refractivity contribution < 1.29 is 9.90 Å². The number of aromatic hydroxyl groups is 1. The molecule has 0 atom stereocenters. The molecular weight excluding hydrogens is 240 g/mol. The van der Waals surface area contributed by atoms with Crippen molar-refractivity contribution in [3.05, 3.63) is 36.4 Å². The lowest BCUT2D eigenvalue weighted by Gasteiger charge is -2.07. The van der Waals surface area contributed by atoms with Gasteiger partial charge in [0.2, 0.25) is 5.91 Å². The molecule has 5 heteroatoms. The van der Waals surface area contributed by atoms with Crippen LogP contribution >= 0.6 is 12.4 Å². The molecule has 0 saturated heterocycles. The van der Waals surface area contributed by atoms with Gasteiger partial charge in [0.1, 0.15) is 5.75 Å². The average Bonchev–Trinajstić information content (AvgIpc) is 2.29. The first-order valence-corrected chi connectivity index (χ1v) is 4.92. The maximum atomic E-state index is 11.2. The third kappa shape index (κ3) is 2.87. The summed E-state index contributed by atoms with van der Waals surface area (Å²) in [6.07, 6.45) is 0. The molecule has 1 amide bonds. The summed E-state index contributed by atoms with van der Waals surface area (Å²) < 4.78 is 0. The van der Waals surface area contributed by atoms with Crippen molar-refractivity contribution in [2.75, 3.05) is 11.9 Å². The van der Waals surface area contributed by atoms with Crippen LogP contribution in [0.15, 0.2) is 36.4 Å². The topological polar surface area (TPSA) is 75.4 Å². The number of hydrogen-bond donors (Lipinski definition) is 3. The van der Waals surface area contributed by atoms with Crippen LogP contribution in [0.25, 0.3) is 10.8 Å². The zero-order valence-corrected chi connectivity index (χ0v) is 9.83. The monoisotopic (exact) mass is 252 g/mol. The van der Waals surface area contributed by atoms with Gasteiger partial charge in [-0.1, -0.05) is 18.2 Å². The largest absolute Gasteiger partial charge is 0.508 e. The second kappa shape index (κ2) is 5.52. The van der Waals surface area contributed by atoms with E-state index in [4.69, 9.17) is 5.73 Å². The van der Waals surface area contributed by atoms with Gasteiger partial charge in [0.05, 0.1) is 6.54 Å². The highest BCUT2D eigenvalue weighted by molar-refractivity contribution is 6.03. The summed E-state index contributed by atoms with van der Waals surface area (Å²) in [4.78, 5) is 11.2. The van der Waals surface area contributed by atoms with Gasteiger partial charge in [-0.25, -0.2) is 0 Å². The molecular formula is C12H13ClN2O2. The number of benzene rings is 2. The Morgan fingerprint density at radius 2 is 2.06 bits per heavy atom. The van der Waals surface area contributed by atoms with Gasteiger partial charge in [-0.05, 0) is 23.6 Å². The van der Waals surface area contributed by atoms with Crippen LogP contribution in [-0.2, 0) is 4.79 Å². The highest BCUT2D eigenvalue weighted by Crippen LogP contribution is 2.26. The lowest BCUT2D eigenvalue weighted by Crippen LogP contribution is -2.21. The van der Waals surface area contributed by atoms with E-state index < -0.39 is 0 Å². The summed E-state index contributed by atoms with van der Waals surface area (Å²) in [6.45, 7) is -0.0603. The molecule has 4 nitrogen and oxygen atoms in total. The predicted octanol–water partition coefficient (Wildman–Crippen LogP) is 1.86. The molecule has 0 radical (unpaired) electrons. The summed E-state index contributed by atoms with van der Waals surface area (Å²) in [7, 11) is 0. The molecule has 0 aromatic heterocycles. The zero-order chi connectivity index (χ0) is 11.5. The Morgan fingerprint density at radius 3 is 2.76 bits per heavy atom. The minimum atomic E-state index is -0.254. The van der Waals surface area contributed by atoms with E-state index in [1.165, 1.54) is 0 Å². The Bertz CT molecular complexity index is 543. The smallest absolute Gasteiger partial charge is 0.238 e. The first kappa shape index (κ1) is 13.3. The van der Waals surface area contributed by atoms with Crippen LogP contribution in [0.1, 0.15) is 0 Å². The van der Waals surface area contributed by atoms with Gasteiger partial charge in [0.25, 0.3) is 0 Å². The van der Waals surface area contributed by atoms with Crippen molar-refractivity contribution in [2.45, 2.75) is 0 Å². The van der Waals surface area contributed by atoms with Gasteiger partial charge in [-0.2, -0.15) is 0 Å². The number of carbonyl (C=O) groups excluding carboxylic acids is 1. The molecule has 0 bridgehead atoms. The molecule has 90 valence electrons. The SMILES string of the molecule is Cl.NCC(=O)Nc1cccc2ccc(O)cc12. The first-order valence-electron chi connectivity index (χ1n) is 4.92. The molecule has 2 aromatic carbocycles. The van der Waals surface area contributed by atoms with Gasteiger partial charge in [-0.15, -0.1) is 12.4 Å². The van der Waals surface area contributed by atoms with E-state index >= 15 is 0 Å². The third-order valence-corrected chi connectivity index (χ3v) is 2.33. The number of amides is 1. The highest BCUT2D eigenvalue weighted by atomic mass is 35.5. The summed E-state index contributed by atoms with van der Waals surface area (Å²) >= 11 is 0. The molecule has 0 aliphatic carbocycles. The van der Waals surface area contributed by atoms with E-state index in [2.05, 4.69) is 5.32 Å². The fourth-order valence-corrected chi connectivity index (χ4v) is 1.57. The predicted molar refractivity (Wildman–Crippen MR) is 70.5 cm³/mol. The molecule has 0 spiro atoms. The van der Waals surface area contributed by atoms with Gasteiger partial charge in [0.15, 0.2) is 0 Å². The molecule has 0 unspecified atom stereocenters. The summed E-state index contributed by atoms with van der Waals surface area (Å²) in [5, 5.41) is 13.8. The maximum Gasteiger partial charge on any atom is 0.238 e. The number of rotatable bonds is 2. The van der Waals surface area contributed by atoms with E-state index in [0.29, 0.717) is 5.69 Å². The summed E-state index contributed by atoms with van der Waals surface area (Å²) in [5.74, 6) is -0.0854. The van der Waals surface area contributed by atoms with Crippen LogP contribution in [0.2, 0.25) is 0 Å². The number of carbonyl (C=O) groups is 1. The van der Waals surface area contributed by atoms with Crippen molar-refractivity contribution in [1.29, 1.82) is 0 Å². The summed E-state index contributed by atoms with van der Waals surface area (Å²) in [6, 6.07) is 10.5. The van der Waals surface area contributed by atoms with E-state index in [0.717, 1.165) is 10.8 Å². The van der Waals surface area contributed by atoms with Crippen LogP contribution in [0.3, 0.4) is 0 Å². The zero-order valence-electron chi connectivity index (χ0n) is 9.01. The fourth-order valence-electron chi connectivity index (χ4n) is 1.57. The second-order valence-electron chi connectivity index (χ2n) is 3.46. The molecule has 0 fully saturated rings. The maximum absolute atomic E-state index is 11.2. The molecule has 2 rings (SSSR count). The fraction of sp³-hybridized carbons (Fsp3) is 0.0833. The van der Waals surface area contributed by atoms with Crippen molar-refractivity contribution >= 4 is 34.8 Å². The number of phenolic OH excluding ortho intramolecular Hbond substituents is 1.